The number of allylic oxidation sites excluding steroid dienone is 2. The molecule has 3 rings (SSSR count). The molecule has 8 heteroatoms. The van der Waals surface area contributed by atoms with Gasteiger partial charge in [-0.25, -0.2) is 13.4 Å². The first-order valence-electron chi connectivity index (χ1n) is 7.54. The molecule has 5 nitrogen and oxygen atoms in total. The van der Waals surface area contributed by atoms with E-state index in [9.17, 15) is 13.2 Å². The average molecular weight is 403 g/mol. The van der Waals surface area contributed by atoms with Crippen LogP contribution in [0.1, 0.15) is 5.56 Å². The lowest BCUT2D eigenvalue weighted by atomic mass is 10.2. The number of carbonyl (C=O) groups excluding carboxylic acids is 1. The molecule has 0 bridgehead atoms. The van der Waals surface area contributed by atoms with Crippen LogP contribution in [-0.4, -0.2) is 23.7 Å². The first-order valence-corrected chi connectivity index (χ1v) is 10.3. The number of hydrazine groups is 1. The zero-order chi connectivity index (χ0) is 18.6. The minimum Gasteiger partial charge on any atom is -0.267 e. The SMILES string of the molecule is O=C1/C(=C\C=C\c2ccccc2)SC(=S)N1NS(=O)(=O)c1ccccc1. The van der Waals surface area contributed by atoms with Crippen LogP contribution in [0.2, 0.25) is 0 Å². The van der Waals surface area contributed by atoms with Gasteiger partial charge in [-0.15, -0.1) is 4.83 Å². The summed E-state index contributed by atoms with van der Waals surface area (Å²) in [6.45, 7) is 0. The van der Waals surface area contributed by atoms with Gasteiger partial charge in [-0.05, 0) is 23.8 Å². The molecule has 1 fully saturated rings. The highest BCUT2D eigenvalue weighted by Gasteiger charge is 2.35. The van der Waals surface area contributed by atoms with Crippen LogP contribution in [0.5, 0.6) is 0 Å². The molecule has 0 aromatic heterocycles. The van der Waals surface area contributed by atoms with Crippen molar-refractivity contribution in [3.8, 4) is 0 Å². The van der Waals surface area contributed by atoms with Crippen molar-refractivity contribution < 1.29 is 13.2 Å². The van der Waals surface area contributed by atoms with Gasteiger partial charge in [0.05, 0.1) is 9.80 Å². The number of benzene rings is 2. The van der Waals surface area contributed by atoms with Crippen LogP contribution < -0.4 is 4.83 Å². The Morgan fingerprint density at radius 2 is 1.62 bits per heavy atom. The van der Waals surface area contributed by atoms with Crippen LogP contribution in [0.3, 0.4) is 0 Å². The molecule has 0 radical (unpaired) electrons. The van der Waals surface area contributed by atoms with Crippen molar-refractivity contribution in [3.05, 3.63) is 83.3 Å². The number of nitrogens with one attached hydrogen (secondary N) is 1. The maximum Gasteiger partial charge on any atom is 0.281 e. The monoisotopic (exact) mass is 402 g/mol. The van der Waals surface area contributed by atoms with Crippen LogP contribution in [0.15, 0.2) is 82.6 Å². The number of thioether (sulfide) groups is 1. The highest BCUT2D eigenvalue weighted by atomic mass is 32.2. The van der Waals surface area contributed by atoms with Crippen LogP contribution in [0, 0.1) is 0 Å². The molecule has 1 aliphatic heterocycles. The first-order chi connectivity index (χ1) is 12.5. The quantitative estimate of drug-likeness (QED) is 0.614. The summed E-state index contributed by atoms with van der Waals surface area (Å²) in [5, 5.41) is 0.879. The molecule has 1 aliphatic rings. The normalized spacial score (nSPS) is 16.8. The lowest BCUT2D eigenvalue weighted by Gasteiger charge is -2.15. The predicted molar refractivity (Wildman–Crippen MR) is 107 cm³/mol. The average Bonchev–Trinajstić information content (AvgIpc) is 2.91. The Balaban J connectivity index is 1.75. The van der Waals surface area contributed by atoms with Crippen LogP contribution in [0.4, 0.5) is 0 Å². The number of nitrogens with zero attached hydrogens (tertiary/aromatic N) is 1. The van der Waals surface area contributed by atoms with Crippen molar-refractivity contribution in [1.29, 1.82) is 0 Å². The number of amides is 1. The molecule has 0 unspecified atom stereocenters. The number of thiocarbonyl (C=S) groups is 1. The minimum absolute atomic E-state index is 0.0574. The van der Waals surface area contributed by atoms with E-state index in [1.807, 2.05) is 36.4 Å². The van der Waals surface area contributed by atoms with Crippen LogP contribution in [0.25, 0.3) is 6.08 Å². The van der Waals surface area contributed by atoms with E-state index in [0.717, 1.165) is 22.3 Å². The fourth-order valence-electron chi connectivity index (χ4n) is 2.14. The molecule has 26 heavy (non-hydrogen) atoms. The molecule has 1 saturated heterocycles. The molecule has 2 aromatic carbocycles. The summed E-state index contributed by atoms with van der Waals surface area (Å²) in [6.07, 6.45) is 5.19. The number of carbonyl (C=O) groups is 1. The zero-order valence-electron chi connectivity index (χ0n) is 13.4. The standard InChI is InChI=1S/C18H14N2O3S3/c21-17-16(13-7-10-14-8-3-1-4-9-14)25-18(24)20(17)19-26(22,23)15-11-5-2-6-12-15/h1-13,19H/b10-7+,16-13+. The van der Waals surface area contributed by atoms with Crippen molar-refractivity contribution in [2.75, 3.05) is 0 Å². The topological polar surface area (TPSA) is 66.5 Å². The van der Waals surface area contributed by atoms with Crippen molar-refractivity contribution in [1.82, 2.24) is 9.84 Å². The van der Waals surface area contributed by atoms with Crippen molar-refractivity contribution in [3.63, 3.8) is 0 Å². The summed E-state index contributed by atoms with van der Waals surface area (Å²) < 4.78 is 24.9. The maximum atomic E-state index is 12.5. The van der Waals surface area contributed by atoms with Gasteiger partial charge < -0.3 is 0 Å². The third-order valence-electron chi connectivity index (χ3n) is 3.39. The zero-order valence-corrected chi connectivity index (χ0v) is 15.9. The van der Waals surface area contributed by atoms with E-state index in [2.05, 4.69) is 4.83 Å². The summed E-state index contributed by atoms with van der Waals surface area (Å²) >= 11 is 6.18. The largest absolute Gasteiger partial charge is 0.281 e. The Labute approximate surface area is 161 Å². The second kappa shape index (κ2) is 7.96. The smallest absolute Gasteiger partial charge is 0.267 e. The second-order valence-electron chi connectivity index (χ2n) is 5.22. The van der Waals surface area contributed by atoms with E-state index in [4.69, 9.17) is 12.2 Å². The van der Waals surface area contributed by atoms with Gasteiger partial charge >= 0.3 is 0 Å². The summed E-state index contributed by atoms with van der Waals surface area (Å²) in [4.78, 5) is 15.1. The fourth-order valence-corrected chi connectivity index (χ4v) is 4.43. The molecule has 1 amide bonds. The van der Waals surface area contributed by atoms with E-state index >= 15 is 0 Å². The fraction of sp³-hybridized carbons (Fsp3) is 0. The Kier molecular flexibility index (Phi) is 5.67. The number of hydrogen-bond donors (Lipinski definition) is 1. The molecular weight excluding hydrogens is 388 g/mol. The van der Waals surface area contributed by atoms with E-state index in [-0.39, 0.29) is 9.22 Å². The van der Waals surface area contributed by atoms with Crippen LogP contribution in [-0.2, 0) is 14.8 Å². The third kappa shape index (κ3) is 4.28. The number of rotatable bonds is 5. The summed E-state index contributed by atoms with van der Waals surface area (Å²) in [5.74, 6) is -0.503. The number of hydrogen-bond acceptors (Lipinski definition) is 5. The van der Waals surface area contributed by atoms with Crippen molar-refractivity contribution >= 4 is 50.3 Å². The van der Waals surface area contributed by atoms with Gasteiger partial charge in [0.25, 0.3) is 15.9 Å². The second-order valence-corrected chi connectivity index (χ2v) is 8.55. The summed E-state index contributed by atoms with van der Waals surface area (Å²) in [7, 11) is -3.89. The van der Waals surface area contributed by atoms with Gasteiger partial charge in [-0.1, -0.05) is 84.7 Å². The lowest BCUT2D eigenvalue weighted by Crippen LogP contribution is -2.44. The van der Waals surface area contributed by atoms with Crippen molar-refractivity contribution in [2.24, 2.45) is 0 Å². The molecule has 0 spiro atoms. The first kappa shape index (κ1) is 18.5. The Bertz CT molecular complexity index is 985. The van der Waals surface area contributed by atoms with Gasteiger partial charge in [0.1, 0.15) is 0 Å². The highest BCUT2D eigenvalue weighted by Crippen LogP contribution is 2.30. The van der Waals surface area contributed by atoms with Gasteiger partial charge in [0.15, 0.2) is 4.32 Å². The molecular formula is C18H14N2O3S3. The van der Waals surface area contributed by atoms with Gasteiger partial charge in [-0.3, -0.25) is 4.79 Å². The lowest BCUT2D eigenvalue weighted by molar-refractivity contribution is -0.123. The third-order valence-corrected chi connectivity index (χ3v) is 6.03. The Morgan fingerprint density at radius 1 is 1.00 bits per heavy atom. The van der Waals surface area contributed by atoms with Gasteiger partial charge in [-0.2, -0.15) is 0 Å². The van der Waals surface area contributed by atoms with E-state index in [1.54, 1.807) is 30.4 Å². The molecule has 132 valence electrons. The van der Waals surface area contributed by atoms with Gasteiger partial charge in [0, 0.05) is 0 Å². The highest BCUT2D eigenvalue weighted by molar-refractivity contribution is 8.26. The number of sulfonamides is 1. The predicted octanol–water partition coefficient (Wildman–Crippen LogP) is 3.34. The summed E-state index contributed by atoms with van der Waals surface area (Å²) in [6, 6.07) is 17.4. The van der Waals surface area contributed by atoms with Crippen LogP contribution >= 0.6 is 24.0 Å². The molecule has 2 aromatic rings. The van der Waals surface area contributed by atoms with Gasteiger partial charge in [0.2, 0.25) is 0 Å². The Hall–Kier alpha value is -2.26. The maximum absolute atomic E-state index is 12.5. The molecule has 1 N–H and O–H groups in total. The van der Waals surface area contributed by atoms with E-state index in [0.29, 0.717) is 4.91 Å². The Morgan fingerprint density at radius 3 is 2.27 bits per heavy atom. The molecule has 0 aliphatic carbocycles. The van der Waals surface area contributed by atoms with E-state index < -0.39 is 15.9 Å². The van der Waals surface area contributed by atoms with Crippen molar-refractivity contribution in [2.45, 2.75) is 4.90 Å². The molecule has 0 atom stereocenters. The minimum atomic E-state index is -3.89. The molecule has 0 saturated carbocycles. The van der Waals surface area contributed by atoms with E-state index in [1.165, 1.54) is 12.1 Å². The summed E-state index contributed by atoms with van der Waals surface area (Å²) in [5.41, 5.74) is 0.990. The molecule has 1 heterocycles.